The molecule has 0 amide bonds. The first-order valence-corrected chi connectivity index (χ1v) is 6.46. The van der Waals surface area contributed by atoms with E-state index in [4.69, 9.17) is 0 Å². The van der Waals surface area contributed by atoms with Gasteiger partial charge in [0.15, 0.2) is 0 Å². The van der Waals surface area contributed by atoms with E-state index in [0.29, 0.717) is 6.54 Å². The molecule has 6 heteroatoms. The highest BCUT2D eigenvalue weighted by atomic mass is 16.3. The normalized spacial score (nSPS) is 19.4. The highest BCUT2D eigenvalue weighted by molar-refractivity contribution is 5.58. The summed E-state index contributed by atoms with van der Waals surface area (Å²) < 4.78 is 0. The van der Waals surface area contributed by atoms with E-state index in [-0.39, 0.29) is 6.10 Å². The van der Waals surface area contributed by atoms with Gasteiger partial charge in [-0.05, 0) is 18.9 Å². The van der Waals surface area contributed by atoms with Gasteiger partial charge in [-0.3, -0.25) is 0 Å². The molecule has 1 fully saturated rings. The van der Waals surface area contributed by atoms with Crippen LogP contribution in [0.4, 0.5) is 17.3 Å². The second-order valence-electron chi connectivity index (χ2n) is 4.73. The standard InChI is InChI=1S/C13H17N5O/c19-11-2-1-5-18(8-11)13-6-12(15-9-16-13)17-10-3-4-14-7-10/h3-4,6-7,9,11,14,19H,1-2,5,8H2,(H,15,16,17). The molecule has 19 heavy (non-hydrogen) atoms. The molecular weight excluding hydrogens is 242 g/mol. The second-order valence-corrected chi connectivity index (χ2v) is 4.73. The third kappa shape index (κ3) is 2.85. The molecule has 1 aliphatic heterocycles. The number of nitrogens with one attached hydrogen (secondary N) is 2. The number of piperidine rings is 1. The topological polar surface area (TPSA) is 77.1 Å². The minimum atomic E-state index is -0.259. The molecular formula is C13H17N5O. The van der Waals surface area contributed by atoms with Gasteiger partial charge in [0.25, 0.3) is 0 Å². The maximum absolute atomic E-state index is 9.71. The van der Waals surface area contributed by atoms with Gasteiger partial charge in [0.1, 0.15) is 18.0 Å². The molecule has 100 valence electrons. The summed E-state index contributed by atoms with van der Waals surface area (Å²) in [5, 5.41) is 12.9. The Labute approximate surface area is 111 Å². The predicted octanol–water partition coefficient (Wildman–Crippen LogP) is 1.51. The van der Waals surface area contributed by atoms with Crippen LogP contribution in [0.25, 0.3) is 0 Å². The Morgan fingerprint density at radius 2 is 2.37 bits per heavy atom. The van der Waals surface area contributed by atoms with Crippen LogP contribution >= 0.6 is 0 Å². The molecule has 1 aliphatic rings. The fraction of sp³-hybridized carbons (Fsp3) is 0.385. The van der Waals surface area contributed by atoms with Gasteiger partial charge in [0, 0.05) is 31.5 Å². The number of aliphatic hydroxyl groups excluding tert-OH is 1. The predicted molar refractivity (Wildman–Crippen MR) is 73.6 cm³/mol. The van der Waals surface area contributed by atoms with Crippen molar-refractivity contribution in [3.8, 4) is 0 Å². The summed E-state index contributed by atoms with van der Waals surface area (Å²) in [5.41, 5.74) is 0.961. The molecule has 6 nitrogen and oxygen atoms in total. The van der Waals surface area contributed by atoms with Gasteiger partial charge in [0.05, 0.1) is 11.8 Å². The van der Waals surface area contributed by atoms with E-state index in [1.165, 1.54) is 0 Å². The molecule has 1 atom stereocenters. The Kier molecular flexibility index (Phi) is 3.33. The number of β-amino-alcohol motifs (C(OH)–C–C–N with tert-alkyl or cyclic N) is 1. The first kappa shape index (κ1) is 12.0. The maximum Gasteiger partial charge on any atom is 0.135 e. The molecule has 1 saturated heterocycles. The van der Waals surface area contributed by atoms with Crippen LogP contribution in [0.5, 0.6) is 0 Å². The summed E-state index contributed by atoms with van der Waals surface area (Å²) in [7, 11) is 0. The largest absolute Gasteiger partial charge is 0.391 e. The van der Waals surface area contributed by atoms with Crippen LogP contribution in [0.3, 0.4) is 0 Å². The zero-order valence-electron chi connectivity index (χ0n) is 10.6. The van der Waals surface area contributed by atoms with Crippen molar-refractivity contribution in [3.63, 3.8) is 0 Å². The lowest BCUT2D eigenvalue weighted by atomic mass is 10.1. The summed E-state index contributed by atoms with van der Waals surface area (Å²) in [5.74, 6) is 1.61. The van der Waals surface area contributed by atoms with Crippen molar-refractivity contribution in [2.75, 3.05) is 23.3 Å². The van der Waals surface area contributed by atoms with Crippen molar-refractivity contribution in [1.29, 1.82) is 0 Å². The van der Waals surface area contributed by atoms with Crippen LogP contribution in [-0.4, -0.2) is 39.3 Å². The van der Waals surface area contributed by atoms with Gasteiger partial charge in [-0.15, -0.1) is 0 Å². The van der Waals surface area contributed by atoms with Crippen molar-refractivity contribution in [2.24, 2.45) is 0 Å². The number of H-pyrrole nitrogens is 1. The summed E-state index contributed by atoms with van der Waals surface area (Å²) in [6.07, 6.45) is 6.87. The second kappa shape index (κ2) is 5.27. The van der Waals surface area contributed by atoms with E-state index in [1.807, 2.05) is 24.5 Å². The first-order chi connectivity index (χ1) is 9.31. The van der Waals surface area contributed by atoms with E-state index in [1.54, 1.807) is 6.33 Å². The lowest BCUT2D eigenvalue weighted by Crippen LogP contribution is -2.38. The number of hydrogen-bond acceptors (Lipinski definition) is 5. The fourth-order valence-corrected chi connectivity index (χ4v) is 2.30. The summed E-state index contributed by atoms with van der Waals surface area (Å²) in [6, 6.07) is 3.84. The number of rotatable bonds is 3. The molecule has 2 aromatic rings. The third-order valence-electron chi connectivity index (χ3n) is 3.24. The summed E-state index contributed by atoms with van der Waals surface area (Å²) >= 11 is 0. The average Bonchev–Trinajstić information content (AvgIpc) is 2.92. The van der Waals surface area contributed by atoms with E-state index >= 15 is 0 Å². The molecule has 0 aliphatic carbocycles. The number of aromatic nitrogens is 3. The molecule has 2 aromatic heterocycles. The molecule has 3 rings (SSSR count). The monoisotopic (exact) mass is 259 g/mol. The number of hydrogen-bond donors (Lipinski definition) is 3. The zero-order chi connectivity index (χ0) is 13.1. The van der Waals surface area contributed by atoms with E-state index in [9.17, 15) is 5.11 Å². The molecule has 3 heterocycles. The molecule has 1 unspecified atom stereocenters. The number of anilines is 3. The molecule has 0 bridgehead atoms. The van der Waals surface area contributed by atoms with Crippen molar-refractivity contribution in [2.45, 2.75) is 18.9 Å². The summed E-state index contributed by atoms with van der Waals surface area (Å²) in [6.45, 7) is 1.57. The van der Waals surface area contributed by atoms with Gasteiger partial charge in [-0.1, -0.05) is 0 Å². The molecule has 0 saturated carbocycles. The van der Waals surface area contributed by atoms with E-state index < -0.39 is 0 Å². The Hall–Kier alpha value is -2.08. The molecule has 3 N–H and O–H groups in total. The van der Waals surface area contributed by atoms with Crippen LogP contribution in [0.1, 0.15) is 12.8 Å². The van der Waals surface area contributed by atoms with Crippen LogP contribution in [0, 0.1) is 0 Å². The smallest absolute Gasteiger partial charge is 0.135 e. The Morgan fingerprint density at radius 1 is 1.42 bits per heavy atom. The van der Waals surface area contributed by atoms with Gasteiger partial charge >= 0.3 is 0 Å². The number of aliphatic hydroxyl groups is 1. The van der Waals surface area contributed by atoms with Gasteiger partial charge in [0.2, 0.25) is 0 Å². The lowest BCUT2D eigenvalue weighted by Gasteiger charge is -2.31. The highest BCUT2D eigenvalue weighted by Crippen LogP contribution is 2.21. The maximum atomic E-state index is 9.71. The average molecular weight is 259 g/mol. The van der Waals surface area contributed by atoms with Crippen molar-refractivity contribution < 1.29 is 5.11 Å². The quantitative estimate of drug-likeness (QED) is 0.779. The van der Waals surface area contributed by atoms with Crippen LogP contribution < -0.4 is 10.2 Å². The number of nitrogens with zero attached hydrogens (tertiary/aromatic N) is 3. The van der Waals surface area contributed by atoms with Crippen molar-refractivity contribution in [1.82, 2.24) is 15.0 Å². The highest BCUT2D eigenvalue weighted by Gasteiger charge is 2.19. The molecule has 0 aromatic carbocycles. The van der Waals surface area contributed by atoms with Gasteiger partial charge in [-0.25, -0.2) is 9.97 Å². The first-order valence-electron chi connectivity index (χ1n) is 6.46. The van der Waals surface area contributed by atoms with Crippen LogP contribution in [0.15, 0.2) is 30.9 Å². The Morgan fingerprint density at radius 3 is 3.16 bits per heavy atom. The van der Waals surface area contributed by atoms with Crippen molar-refractivity contribution >= 4 is 17.3 Å². The van der Waals surface area contributed by atoms with E-state index in [0.717, 1.165) is 36.7 Å². The minimum absolute atomic E-state index is 0.259. The van der Waals surface area contributed by atoms with Gasteiger partial charge in [-0.2, -0.15) is 0 Å². The lowest BCUT2D eigenvalue weighted by molar-refractivity contribution is 0.154. The summed E-state index contributed by atoms with van der Waals surface area (Å²) in [4.78, 5) is 13.6. The van der Waals surface area contributed by atoms with Crippen LogP contribution in [0.2, 0.25) is 0 Å². The van der Waals surface area contributed by atoms with E-state index in [2.05, 4.69) is 25.2 Å². The Bertz CT molecular complexity index is 528. The zero-order valence-corrected chi connectivity index (χ0v) is 10.6. The third-order valence-corrected chi connectivity index (χ3v) is 3.24. The minimum Gasteiger partial charge on any atom is -0.391 e. The molecule has 0 spiro atoms. The van der Waals surface area contributed by atoms with Crippen LogP contribution in [-0.2, 0) is 0 Å². The molecule has 0 radical (unpaired) electrons. The fourth-order valence-electron chi connectivity index (χ4n) is 2.30. The Balaban J connectivity index is 1.75. The number of aromatic amines is 1. The van der Waals surface area contributed by atoms with Crippen molar-refractivity contribution in [3.05, 3.63) is 30.9 Å². The SMILES string of the molecule is OC1CCCN(c2cc(Nc3cc[nH]c3)ncn2)C1. The van der Waals surface area contributed by atoms with Gasteiger partial charge < -0.3 is 20.3 Å².